The first-order valence-corrected chi connectivity index (χ1v) is 19.8. The minimum atomic E-state index is 0.860. The first-order valence-electron chi connectivity index (χ1n) is 19.8. The number of benzene rings is 10. The summed E-state index contributed by atoms with van der Waals surface area (Å²) in [5, 5.41) is 7.03. The summed E-state index contributed by atoms with van der Waals surface area (Å²) in [7, 11) is 0. The number of fused-ring (bicyclic) bond motifs is 6. The summed E-state index contributed by atoms with van der Waals surface area (Å²) in [6.45, 7) is 0. The molecule has 11 aromatic rings. The van der Waals surface area contributed by atoms with Crippen LogP contribution in [0.2, 0.25) is 0 Å². The molecular formula is C56H37NO. The fourth-order valence-electron chi connectivity index (χ4n) is 8.81. The summed E-state index contributed by atoms with van der Waals surface area (Å²) in [4.78, 5) is 2.43. The highest BCUT2D eigenvalue weighted by Crippen LogP contribution is 2.50. The SMILES string of the molecule is c1ccc(-c2ccc(N(c3ccccc3-c3ccccc3-c3ccccc3)c3ccc(-c4cc5ccccc5c5ccccc45)c4oc5ccccc5c34)cc2)cc1. The molecule has 0 aliphatic heterocycles. The maximum atomic E-state index is 7.00. The van der Waals surface area contributed by atoms with Gasteiger partial charge in [-0.05, 0) is 97.4 Å². The molecular weight excluding hydrogens is 703 g/mol. The van der Waals surface area contributed by atoms with Crippen LogP contribution in [0, 0.1) is 0 Å². The molecule has 0 aliphatic rings. The largest absolute Gasteiger partial charge is 0.455 e. The summed E-state index contributed by atoms with van der Waals surface area (Å²) in [5.41, 5.74) is 14.2. The summed E-state index contributed by atoms with van der Waals surface area (Å²) >= 11 is 0. The molecule has 1 aromatic heterocycles. The molecule has 0 N–H and O–H groups in total. The standard InChI is InChI=1S/C56H37NO/c1-3-17-38(18-4-1)39-31-33-42(34-32-39)57(52-29-15-13-27-48(52)46-25-10-9-22-43(46)40-19-5-2-6-20-40)53-36-35-49(56-55(53)50-28-14-16-30-54(50)58-56)51-37-41-21-7-8-23-44(41)45-24-11-12-26-47(45)51/h1-37H. The van der Waals surface area contributed by atoms with Gasteiger partial charge in [0.1, 0.15) is 11.2 Å². The van der Waals surface area contributed by atoms with Crippen LogP contribution in [0.3, 0.4) is 0 Å². The maximum Gasteiger partial charge on any atom is 0.145 e. The molecule has 0 amide bonds. The number of para-hydroxylation sites is 2. The van der Waals surface area contributed by atoms with E-state index in [1.807, 2.05) is 0 Å². The molecule has 2 nitrogen and oxygen atoms in total. The van der Waals surface area contributed by atoms with E-state index in [4.69, 9.17) is 4.42 Å². The van der Waals surface area contributed by atoms with E-state index in [1.165, 1.54) is 49.4 Å². The third-order valence-corrected chi connectivity index (χ3v) is 11.5. The van der Waals surface area contributed by atoms with Gasteiger partial charge >= 0.3 is 0 Å². The van der Waals surface area contributed by atoms with Crippen molar-refractivity contribution in [1.29, 1.82) is 0 Å². The molecule has 0 saturated carbocycles. The van der Waals surface area contributed by atoms with Gasteiger partial charge < -0.3 is 9.32 Å². The quantitative estimate of drug-likeness (QED) is 0.151. The van der Waals surface area contributed by atoms with Gasteiger partial charge in [-0.2, -0.15) is 0 Å². The van der Waals surface area contributed by atoms with E-state index < -0.39 is 0 Å². The van der Waals surface area contributed by atoms with Crippen molar-refractivity contribution in [1.82, 2.24) is 0 Å². The van der Waals surface area contributed by atoms with Crippen molar-refractivity contribution in [2.75, 3.05) is 4.90 Å². The number of furan rings is 1. The summed E-state index contributed by atoms with van der Waals surface area (Å²) in [6.07, 6.45) is 0. The van der Waals surface area contributed by atoms with Crippen LogP contribution in [0.1, 0.15) is 0 Å². The predicted molar refractivity (Wildman–Crippen MR) is 245 cm³/mol. The first-order chi connectivity index (χ1) is 28.8. The molecule has 0 spiro atoms. The summed E-state index contributed by atoms with van der Waals surface area (Å²) in [6, 6.07) is 80.5. The second-order valence-corrected chi connectivity index (χ2v) is 14.8. The maximum absolute atomic E-state index is 7.00. The zero-order valence-electron chi connectivity index (χ0n) is 31.7. The Hall–Kier alpha value is -7.68. The van der Waals surface area contributed by atoms with Gasteiger partial charge in [-0.1, -0.05) is 182 Å². The number of nitrogens with zero attached hydrogens (tertiary/aromatic N) is 1. The lowest BCUT2D eigenvalue weighted by molar-refractivity contribution is 0.670. The first kappa shape index (κ1) is 33.6. The Morgan fingerprint density at radius 1 is 0.310 bits per heavy atom. The number of anilines is 3. The number of rotatable bonds is 7. The molecule has 0 aliphatic carbocycles. The average molecular weight is 740 g/mol. The van der Waals surface area contributed by atoms with Gasteiger partial charge in [-0.25, -0.2) is 0 Å². The summed E-state index contributed by atoms with van der Waals surface area (Å²) in [5.74, 6) is 0. The van der Waals surface area contributed by atoms with Crippen molar-refractivity contribution in [3.63, 3.8) is 0 Å². The molecule has 11 rings (SSSR count). The Kier molecular flexibility index (Phi) is 8.19. The van der Waals surface area contributed by atoms with Gasteiger partial charge in [0.2, 0.25) is 0 Å². The molecule has 0 unspecified atom stereocenters. The zero-order valence-corrected chi connectivity index (χ0v) is 31.7. The van der Waals surface area contributed by atoms with Crippen LogP contribution in [0.5, 0.6) is 0 Å². The molecule has 0 saturated heterocycles. The summed E-state index contributed by atoms with van der Waals surface area (Å²) < 4.78 is 7.00. The lowest BCUT2D eigenvalue weighted by atomic mass is 9.91. The van der Waals surface area contributed by atoms with Gasteiger partial charge in [0, 0.05) is 22.2 Å². The minimum Gasteiger partial charge on any atom is -0.455 e. The predicted octanol–water partition coefficient (Wildman–Crippen LogP) is 16.0. The topological polar surface area (TPSA) is 16.4 Å². The van der Waals surface area contributed by atoms with E-state index in [1.54, 1.807) is 0 Å². The van der Waals surface area contributed by atoms with E-state index >= 15 is 0 Å². The van der Waals surface area contributed by atoms with E-state index in [9.17, 15) is 0 Å². The lowest BCUT2D eigenvalue weighted by Crippen LogP contribution is -2.12. The highest BCUT2D eigenvalue weighted by molar-refractivity contribution is 6.21. The molecule has 10 aromatic carbocycles. The second kappa shape index (κ2) is 14.1. The van der Waals surface area contributed by atoms with Crippen molar-refractivity contribution in [3.8, 4) is 44.5 Å². The van der Waals surface area contributed by atoms with Crippen LogP contribution >= 0.6 is 0 Å². The Balaban J connectivity index is 1.20. The van der Waals surface area contributed by atoms with Gasteiger partial charge in [0.05, 0.1) is 16.8 Å². The Morgan fingerprint density at radius 3 is 1.66 bits per heavy atom. The molecule has 272 valence electrons. The van der Waals surface area contributed by atoms with Gasteiger partial charge in [-0.15, -0.1) is 0 Å². The van der Waals surface area contributed by atoms with Crippen LogP contribution in [-0.2, 0) is 0 Å². The van der Waals surface area contributed by atoms with Crippen LogP contribution in [0.15, 0.2) is 229 Å². The van der Waals surface area contributed by atoms with E-state index in [0.717, 1.165) is 55.7 Å². The van der Waals surface area contributed by atoms with Crippen molar-refractivity contribution >= 4 is 60.5 Å². The van der Waals surface area contributed by atoms with E-state index in [0.29, 0.717) is 0 Å². The third kappa shape index (κ3) is 5.66. The van der Waals surface area contributed by atoms with Gasteiger partial charge in [-0.3, -0.25) is 0 Å². The third-order valence-electron chi connectivity index (χ3n) is 11.5. The van der Waals surface area contributed by atoms with Crippen molar-refractivity contribution in [2.24, 2.45) is 0 Å². The van der Waals surface area contributed by atoms with Crippen LogP contribution in [0.25, 0.3) is 88.0 Å². The van der Waals surface area contributed by atoms with E-state index in [2.05, 4.69) is 229 Å². The Bertz CT molecular complexity index is 3270. The molecule has 0 radical (unpaired) electrons. The number of hydrogen-bond donors (Lipinski definition) is 0. The fourth-order valence-corrected chi connectivity index (χ4v) is 8.81. The minimum absolute atomic E-state index is 0.860. The average Bonchev–Trinajstić information content (AvgIpc) is 3.70. The molecule has 0 bridgehead atoms. The normalized spacial score (nSPS) is 11.4. The van der Waals surface area contributed by atoms with Crippen LogP contribution < -0.4 is 4.90 Å². The second-order valence-electron chi connectivity index (χ2n) is 14.8. The van der Waals surface area contributed by atoms with Gasteiger partial charge in [0.15, 0.2) is 0 Å². The van der Waals surface area contributed by atoms with Crippen molar-refractivity contribution in [3.05, 3.63) is 224 Å². The van der Waals surface area contributed by atoms with Crippen LogP contribution in [-0.4, -0.2) is 0 Å². The Labute approximate surface area is 337 Å². The molecule has 0 fully saturated rings. The highest BCUT2D eigenvalue weighted by Gasteiger charge is 2.25. The fraction of sp³-hybridized carbons (Fsp3) is 0. The molecule has 2 heteroatoms. The lowest BCUT2D eigenvalue weighted by Gasteiger charge is -2.29. The monoisotopic (exact) mass is 739 g/mol. The molecule has 58 heavy (non-hydrogen) atoms. The highest BCUT2D eigenvalue weighted by atomic mass is 16.3. The van der Waals surface area contributed by atoms with Crippen LogP contribution in [0.4, 0.5) is 17.1 Å². The van der Waals surface area contributed by atoms with Crippen molar-refractivity contribution in [2.45, 2.75) is 0 Å². The van der Waals surface area contributed by atoms with E-state index in [-0.39, 0.29) is 0 Å². The zero-order chi connectivity index (χ0) is 38.4. The van der Waals surface area contributed by atoms with Crippen molar-refractivity contribution < 1.29 is 4.42 Å². The Morgan fingerprint density at radius 2 is 0.879 bits per heavy atom. The number of hydrogen-bond acceptors (Lipinski definition) is 2. The molecule has 0 atom stereocenters. The molecule has 1 heterocycles. The van der Waals surface area contributed by atoms with Gasteiger partial charge in [0.25, 0.3) is 0 Å². The smallest absolute Gasteiger partial charge is 0.145 e.